The quantitative estimate of drug-likeness (QED) is 0.796. The molecule has 1 amide bonds. The molecule has 1 aliphatic rings. The van der Waals surface area contributed by atoms with Gasteiger partial charge in [0.15, 0.2) is 5.11 Å². The number of hydrazine groups is 1. The maximum Gasteiger partial charge on any atom is 0.410 e. The van der Waals surface area contributed by atoms with Crippen LogP contribution in [0, 0.1) is 5.82 Å². The number of anilines is 1. The van der Waals surface area contributed by atoms with E-state index in [1.807, 2.05) is 25.8 Å². The molecule has 8 heteroatoms. The van der Waals surface area contributed by atoms with Crippen molar-refractivity contribution in [1.29, 1.82) is 0 Å². The summed E-state index contributed by atoms with van der Waals surface area (Å²) in [5.41, 5.74) is 2.83. The maximum absolute atomic E-state index is 13.6. The summed E-state index contributed by atoms with van der Waals surface area (Å²) < 4.78 is 18.9. The highest BCUT2D eigenvalue weighted by molar-refractivity contribution is 7.80. The van der Waals surface area contributed by atoms with Crippen molar-refractivity contribution in [3.63, 3.8) is 0 Å². The number of piperazine rings is 1. The Kier molecular flexibility index (Phi) is 5.95. The van der Waals surface area contributed by atoms with Crippen molar-refractivity contribution in [2.75, 3.05) is 31.5 Å². The van der Waals surface area contributed by atoms with Gasteiger partial charge >= 0.3 is 6.09 Å². The second-order valence-corrected chi connectivity index (χ2v) is 6.91. The molecule has 6 nitrogen and oxygen atoms in total. The van der Waals surface area contributed by atoms with Crippen LogP contribution in [0.25, 0.3) is 0 Å². The third-order valence-electron chi connectivity index (χ3n) is 3.31. The molecule has 2 rings (SSSR count). The Morgan fingerprint density at radius 3 is 2.42 bits per heavy atom. The zero-order valence-electron chi connectivity index (χ0n) is 14.1. The van der Waals surface area contributed by atoms with E-state index < -0.39 is 5.60 Å². The lowest BCUT2D eigenvalue weighted by Gasteiger charge is -2.36. The van der Waals surface area contributed by atoms with Gasteiger partial charge in [-0.3, -0.25) is 5.43 Å². The SMILES string of the molecule is CC(C)(C)OC(=O)N1CCN(NC(=S)Nc2ccccc2F)CC1. The number of para-hydroxylation sites is 1. The molecule has 1 aromatic carbocycles. The lowest BCUT2D eigenvalue weighted by Crippen LogP contribution is -2.56. The second kappa shape index (κ2) is 7.76. The van der Waals surface area contributed by atoms with Gasteiger partial charge in [0.05, 0.1) is 5.69 Å². The number of hydrogen-bond donors (Lipinski definition) is 2. The Morgan fingerprint density at radius 2 is 1.83 bits per heavy atom. The number of halogens is 1. The molecule has 0 bridgehead atoms. The third-order valence-corrected chi connectivity index (χ3v) is 3.51. The number of nitrogens with one attached hydrogen (secondary N) is 2. The van der Waals surface area contributed by atoms with Crippen molar-refractivity contribution in [3.8, 4) is 0 Å². The van der Waals surface area contributed by atoms with E-state index in [9.17, 15) is 9.18 Å². The zero-order valence-corrected chi connectivity index (χ0v) is 15.0. The molecule has 24 heavy (non-hydrogen) atoms. The Balaban J connectivity index is 1.77. The molecule has 1 heterocycles. The van der Waals surface area contributed by atoms with Crippen LogP contribution in [0.3, 0.4) is 0 Å². The van der Waals surface area contributed by atoms with Crippen LogP contribution in [0.2, 0.25) is 0 Å². The smallest absolute Gasteiger partial charge is 0.410 e. The number of thiocarbonyl (C=S) groups is 1. The first-order valence-corrected chi connectivity index (χ1v) is 8.20. The average molecular weight is 354 g/mol. The molecule has 2 N–H and O–H groups in total. The van der Waals surface area contributed by atoms with E-state index in [1.54, 1.807) is 23.1 Å². The fourth-order valence-corrected chi connectivity index (χ4v) is 2.42. The third kappa shape index (κ3) is 5.61. The highest BCUT2D eigenvalue weighted by atomic mass is 32.1. The minimum atomic E-state index is -0.502. The first kappa shape index (κ1) is 18.4. The molecule has 1 fully saturated rings. The van der Waals surface area contributed by atoms with Crippen LogP contribution in [0.4, 0.5) is 14.9 Å². The lowest BCUT2D eigenvalue weighted by molar-refractivity contribution is 0.0122. The number of amides is 1. The predicted molar refractivity (Wildman–Crippen MR) is 95.1 cm³/mol. The van der Waals surface area contributed by atoms with E-state index in [-0.39, 0.29) is 11.9 Å². The lowest BCUT2D eigenvalue weighted by atomic mass is 10.2. The van der Waals surface area contributed by atoms with Gasteiger partial charge in [-0.15, -0.1) is 0 Å². The number of ether oxygens (including phenoxy) is 1. The predicted octanol–water partition coefficient (Wildman–Crippen LogP) is 2.58. The summed E-state index contributed by atoms with van der Waals surface area (Å²) >= 11 is 5.19. The first-order chi connectivity index (χ1) is 11.2. The number of nitrogens with zero attached hydrogens (tertiary/aromatic N) is 2. The fourth-order valence-electron chi connectivity index (χ4n) is 2.18. The molecule has 0 aromatic heterocycles. The number of rotatable bonds is 2. The van der Waals surface area contributed by atoms with E-state index in [4.69, 9.17) is 17.0 Å². The molecule has 0 spiro atoms. The van der Waals surface area contributed by atoms with Crippen molar-refractivity contribution in [3.05, 3.63) is 30.1 Å². The highest BCUT2D eigenvalue weighted by Crippen LogP contribution is 2.13. The Hall–Kier alpha value is -1.93. The summed E-state index contributed by atoms with van der Waals surface area (Å²) in [5, 5.41) is 5.02. The second-order valence-electron chi connectivity index (χ2n) is 6.50. The van der Waals surface area contributed by atoms with Crippen molar-refractivity contribution in [2.45, 2.75) is 26.4 Å². The van der Waals surface area contributed by atoms with Gasteiger partial charge in [-0.05, 0) is 45.1 Å². The normalized spacial score (nSPS) is 15.8. The van der Waals surface area contributed by atoms with E-state index in [0.29, 0.717) is 37.0 Å². The fraction of sp³-hybridized carbons (Fsp3) is 0.500. The molecule has 132 valence electrons. The van der Waals surface area contributed by atoms with Crippen LogP contribution in [0.5, 0.6) is 0 Å². The van der Waals surface area contributed by atoms with Crippen LogP contribution in [-0.2, 0) is 4.74 Å². The largest absolute Gasteiger partial charge is 0.444 e. The summed E-state index contributed by atoms with van der Waals surface area (Å²) in [6, 6.07) is 6.33. The molecule has 0 radical (unpaired) electrons. The molecular formula is C16H23FN4O2S. The van der Waals surface area contributed by atoms with Gasteiger partial charge in [0.1, 0.15) is 11.4 Å². The van der Waals surface area contributed by atoms with E-state index in [1.165, 1.54) is 6.07 Å². The summed E-state index contributed by atoms with van der Waals surface area (Å²) in [5.74, 6) is -0.364. The average Bonchev–Trinajstić information content (AvgIpc) is 2.48. The standard InChI is InChI=1S/C16H23FN4O2S/c1-16(2,3)23-15(22)20-8-10-21(11-9-20)19-14(24)18-13-7-5-4-6-12(13)17/h4-7H,8-11H2,1-3H3,(H2,18,19,24). The van der Waals surface area contributed by atoms with Crippen LogP contribution in [0.15, 0.2) is 24.3 Å². The van der Waals surface area contributed by atoms with Gasteiger partial charge in [-0.1, -0.05) is 12.1 Å². The highest BCUT2D eigenvalue weighted by Gasteiger charge is 2.26. The van der Waals surface area contributed by atoms with E-state index in [0.717, 1.165) is 0 Å². The summed E-state index contributed by atoms with van der Waals surface area (Å²) in [4.78, 5) is 13.7. The summed E-state index contributed by atoms with van der Waals surface area (Å²) in [6.07, 6.45) is -0.311. The van der Waals surface area contributed by atoms with Crippen molar-refractivity contribution in [1.82, 2.24) is 15.3 Å². The monoisotopic (exact) mass is 354 g/mol. The van der Waals surface area contributed by atoms with E-state index in [2.05, 4.69) is 10.7 Å². The minimum absolute atomic E-state index is 0.311. The van der Waals surface area contributed by atoms with E-state index >= 15 is 0 Å². The first-order valence-electron chi connectivity index (χ1n) is 7.79. The maximum atomic E-state index is 13.6. The van der Waals surface area contributed by atoms with Gasteiger partial charge in [0.25, 0.3) is 0 Å². The minimum Gasteiger partial charge on any atom is -0.444 e. The van der Waals surface area contributed by atoms with Gasteiger partial charge in [-0.2, -0.15) is 0 Å². The van der Waals surface area contributed by atoms with Crippen LogP contribution >= 0.6 is 12.2 Å². The molecule has 1 aromatic rings. The molecule has 1 saturated heterocycles. The Bertz CT molecular complexity index is 598. The van der Waals surface area contributed by atoms with Gasteiger partial charge < -0.3 is 15.0 Å². The number of carbonyl (C=O) groups excluding carboxylic acids is 1. The van der Waals surface area contributed by atoms with Gasteiger partial charge in [0, 0.05) is 26.2 Å². The van der Waals surface area contributed by atoms with Crippen LogP contribution in [-0.4, -0.2) is 52.9 Å². The van der Waals surface area contributed by atoms with Gasteiger partial charge in [-0.25, -0.2) is 14.2 Å². The van der Waals surface area contributed by atoms with Crippen molar-refractivity contribution in [2.24, 2.45) is 0 Å². The zero-order chi connectivity index (χ0) is 17.7. The summed E-state index contributed by atoms with van der Waals surface area (Å²) in [6.45, 7) is 7.78. The van der Waals surface area contributed by atoms with Crippen LogP contribution in [0.1, 0.15) is 20.8 Å². The summed E-state index contributed by atoms with van der Waals surface area (Å²) in [7, 11) is 0. The molecule has 0 aliphatic carbocycles. The Morgan fingerprint density at radius 1 is 1.21 bits per heavy atom. The van der Waals surface area contributed by atoms with Crippen molar-refractivity contribution < 1.29 is 13.9 Å². The van der Waals surface area contributed by atoms with Gasteiger partial charge in [0.2, 0.25) is 0 Å². The molecule has 0 atom stereocenters. The molecular weight excluding hydrogens is 331 g/mol. The number of benzene rings is 1. The molecule has 0 unspecified atom stereocenters. The number of carbonyl (C=O) groups is 1. The topological polar surface area (TPSA) is 56.8 Å². The number of hydrogen-bond acceptors (Lipinski definition) is 4. The van der Waals surface area contributed by atoms with Crippen molar-refractivity contribution >= 4 is 29.1 Å². The molecule has 0 saturated carbocycles. The van der Waals surface area contributed by atoms with Crippen LogP contribution < -0.4 is 10.7 Å². The Labute approximate surface area is 146 Å². The molecule has 1 aliphatic heterocycles.